The number of amides is 1. The smallest absolute Gasteiger partial charge is 0.246 e. The SMILES string of the molecule is C#Cc1cnc2c(N(COCC[Si](C)(C)C)c3cc(CN4CCCC(C)C4)ns3)nc(C)cn12.Cc1cn2c(-c3cn(CC(=O)Nc4cccc(F)c4F)nn3)cnc2c(Nc2cc(CN3CCCC(C)C3)ns2)n1.Cl.Cl. The average molecular weight is 1150 g/mol. The van der Waals surface area contributed by atoms with Crippen LogP contribution in [0, 0.1) is 49.7 Å². The van der Waals surface area contributed by atoms with Crippen molar-refractivity contribution in [1.82, 2.24) is 62.3 Å². The van der Waals surface area contributed by atoms with Gasteiger partial charge in [-0.3, -0.25) is 28.3 Å². The van der Waals surface area contributed by atoms with E-state index < -0.39 is 25.6 Å². The van der Waals surface area contributed by atoms with E-state index in [0.717, 1.165) is 108 Å². The van der Waals surface area contributed by atoms with Gasteiger partial charge < -0.3 is 15.4 Å². The van der Waals surface area contributed by atoms with Crippen molar-refractivity contribution in [3.63, 3.8) is 0 Å². The number of fused-ring (bicyclic) bond motifs is 2. The van der Waals surface area contributed by atoms with Gasteiger partial charge in [-0.1, -0.05) is 50.7 Å². The zero-order valence-corrected chi connectivity index (χ0v) is 48.6. The minimum atomic E-state index is -1.18. The molecule has 1 amide bonds. The number of aromatic nitrogens is 11. The molecule has 18 nitrogen and oxygen atoms in total. The Morgan fingerprint density at radius 2 is 1.57 bits per heavy atom. The van der Waals surface area contributed by atoms with Crippen LogP contribution in [0.2, 0.25) is 25.7 Å². The second-order valence-corrected chi connectivity index (χ2v) is 28.1. The molecular weight excluding hydrogens is 1080 g/mol. The van der Waals surface area contributed by atoms with Gasteiger partial charge >= 0.3 is 0 Å². The molecule has 0 radical (unpaired) electrons. The normalized spacial score (nSPS) is 16.1. The topological polar surface area (TPSA) is 177 Å². The van der Waals surface area contributed by atoms with E-state index in [1.165, 1.54) is 65.6 Å². The van der Waals surface area contributed by atoms with E-state index >= 15 is 0 Å². The zero-order valence-electron chi connectivity index (χ0n) is 44.4. The molecule has 0 saturated carbocycles. The van der Waals surface area contributed by atoms with Crippen LogP contribution in [0.15, 0.2) is 61.3 Å². The molecule has 1 aromatic carbocycles. The fourth-order valence-corrected chi connectivity index (χ4v) is 11.5. The number of nitrogens with zero attached hydrogens (tertiary/aromatic N) is 14. The van der Waals surface area contributed by atoms with Crippen LogP contribution in [0.4, 0.5) is 36.1 Å². The summed E-state index contributed by atoms with van der Waals surface area (Å²) in [4.78, 5) is 38.2. The summed E-state index contributed by atoms with van der Waals surface area (Å²) in [5.41, 5.74) is 6.69. The fourth-order valence-electron chi connectivity index (χ4n) is 9.34. The highest BCUT2D eigenvalue weighted by molar-refractivity contribution is 7.10. The largest absolute Gasteiger partial charge is 0.361 e. The van der Waals surface area contributed by atoms with Crippen LogP contribution in [0.3, 0.4) is 0 Å². The monoisotopic (exact) mass is 1150 g/mol. The number of imidazole rings is 2. The third-order valence-electron chi connectivity index (χ3n) is 13.0. The van der Waals surface area contributed by atoms with Crippen LogP contribution in [0.5, 0.6) is 0 Å². The summed E-state index contributed by atoms with van der Waals surface area (Å²) in [5.74, 6) is 2.77. The molecule has 2 saturated heterocycles. The Labute approximate surface area is 469 Å². The van der Waals surface area contributed by atoms with Crippen molar-refractivity contribution in [2.24, 2.45) is 11.8 Å². The van der Waals surface area contributed by atoms with Gasteiger partial charge in [-0.2, -0.15) is 8.75 Å². The van der Waals surface area contributed by atoms with Gasteiger partial charge in [0.1, 0.15) is 34.7 Å². The molecule has 25 heteroatoms. The molecule has 2 aliphatic rings. The lowest BCUT2D eigenvalue weighted by Crippen LogP contribution is -2.33. The fraction of sp³-hybridized carbons (Fsp3) is 0.442. The number of carbonyl (C=O) groups excluding carboxylic acids is 1. The van der Waals surface area contributed by atoms with Crippen molar-refractivity contribution < 1.29 is 18.3 Å². The van der Waals surface area contributed by atoms with E-state index in [9.17, 15) is 13.6 Å². The van der Waals surface area contributed by atoms with E-state index in [0.29, 0.717) is 41.2 Å². The van der Waals surface area contributed by atoms with Gasteiger partial charge in [0.2, 0.25) is 5.91 Å². The lowest BCUT2D eigenvalue weighted by molar-refractivity contribution is -0.117. The van der Waals surface area contributed by atoms with Crippen molar-refractivity contribution in [2.45, 2.75) is 98.7 Å². The number of hydrogen-bond acceptors (Lipinski definition) is 16. The first-order valence-electron chi connectivity index (χ1n) is 25.3. The average Bonchev–Trinajstić information content (AvgIpc) is 4.25. The van der Waals surface area contributed by atoms with Gasteiger partial charge in [0.15, 0.2) is 34.6 Å². The quantitative estimate of drug-likeness (QED) is 0.0381. The van der Waals surface area contributed by atoms with E-state index in [2.05, 4.69) is 107 Å². The zero-order chi connectivity index (χ0) is 52.8. The highest BCUT2D eigenvalue weighted by Gasteiger charge is 2.24. The predicted octanol–water partition coefficient (Wildman–Crippen LogP) is 10.6. The maximum Gasteiger partial charge on any atom is 0.246 e. The highest BCUT2D eigenvalue weighted by atomic mass is 35.5. The summed E-state index contributed by atoms with van der Waals surface area (Å²) in [5, 5.41) is 15.8. The maximum atomic E-state index is 13.9. The first-order chi connectivity index (χ1) is 36.0. The number of rotatable bonds is 17. The summed E-state index contributed by atoms with van der Waals surface area (Å²) in [7, 11) is -1.18. The summed E-state index contributed by atoms with van der Waals surface area (Å²) < 4.78 is 48.1. The van der Waals surface area contributed by atoms with Crippen molar-refractivity contribution >= 4 is 100 Å². The number of likely N-dealkylation sites (tertiary alicyclic amines) is 2. The number of carbonyl (C=O) groups is 1. The van der Waals surface area contributed by atoms with E-state index in [1.807, 2.05) is 35.0 Å². The number of hydrogen-bond donors (Lipinski definition) is 2. The number of benzene rings is 1. The van der Waals surface area contributed by atoms with Gasteiger partial charge in [-0.05, 0) is 118 Å². The standard InChI is InChI=1S/C27H28F2N10OS.C25H36N6OSSi.2ClH/c1-16-5-4-8-37(11-16)13-18-9-24(41-35-18)33-26-27-30-10-22(39(27)12-17(2)31-26)21-14-38(36-34-21)15-23(40)32-20-7-3-6-19(28)25(20)29;1-7-22-14-26-24-25(27-20(3)16-30(22)24)31(18-32-11-12-34(4,5)6)23-13-21(28-33-23)17-29-10-8-9-19(2)15-29;;/h3,6-7,9-10,12,14,16H,4-5,8,11,13,15H2,1-2H3,(H,31,33)(H,32,40);1,13-14,16,19H,8-12,15,17-18H2,2-6H3;2*1H. The van der Waals surface area contributed by atoms with Gasteiger partial charge in [0, 0.05) is 53.3 Å². The number of aryl methyl sites for hydroxylation is 2. The number of anilines is 5. The van der Waals surface area contributed by atoms with E-state index in [1.54, 1.807) is 18.6 Å². The van der Waals surface area contributed by atoms with Crippen molar-refractivity contribution in [3.05, 3.63) is 101 Å². The van der Waals surface area contributed by atoms with Crippen LogP contribution in [-0.4, -0.2) is 116 Å². The molecule has 0 bridgehead atoms. The lowest BCUT2D eigenvalue weighted by atomic mass is 10.0. The minimum absolute atomic E-state index is 0. The Morgan fingerprint density at radius 1 is 0.896 bits per heavy atom. The van der Waals surface area contributed by atoms with Crippen molar-refractivity contribution in [2.75, 3.05) is 55.1 Å². The van der Waals surface area contributed by atoms with Crippen LogP contribution in [0.25, 0.3) is 22.7 Å². The van der Waals surface area contributed by atoms with Crippen molar-refractivity contribution in [1.29, 1.82) is 0 Å². The molecule has 2 unspecified atom stereocenters. The molecule has 77 heavy (non-hydrogen) atoms. The Bertz CT molecular complexity index is 3320. The number of halogens is 4. The molecule has 0 aliphatic carbocycles. The number of nitrogens with one attached hydrogen (secondary N) is 2. The van der Waals surface area contributed by atoms with Crippen LogP contribution < -0.4 is 15.5 Å². The molecular formula is C52H66Cl2F2N16O2S2Si. The molecule has 2 aliphatic heterocycles. The molecule has 8 aromatic rings. The first-order valence-corrected chi connectivity index (χ1v) is 30.6. The molecule has 2 atom stereocenters. The molecule has 2 N–H and O–H groups in total. The predicted molar refractivity (Wildman–Crippen MR) is 308 cm³/mol. The molecule has 7 aromatic heterocycles. The Balaban J connectivity index is 0.000000222. The highest BCUT2D eigenvalue weighted by Crippen LogP contribution is 2.33. The van der Waals surface area contributed by atoms with Gasteiger partial charge in [-0.15, -0.1) is 36.3 Å². The van der Waals surface area contributed by atoms with Gasteiger partial charge in [0.25, 0.3) is 0 Å². The Kier molecular flexibility index (Phi) is 19.9. The summed E-state index contributed by atoms with van der Waals surface area (Å²) in [6, 6.07) is 8.93. The third-order valence-corrected chi connectivity index (χ3v) is 16.3. The van der Waals surface area contributed by atoms with Crippen molar-refractivity contribution in [3.8, 4) is 23.7 Å². The summed E-state index contributed by atoms with van der Waals surface area (Å²) >= 11 is 2.88. The van der Waals surface area contributed by atoms with Crippen LogP contribution in [0.1, 0.15) is 68.0 Å². The lowest BCUT2D eigenvalue weighted by Gasteiger charge is -2.30. The number of terminal acetylenes is 1. The van der Waals surface area contributed by atoms with Crippen LogP contribution in [-0.2, 0) is 29.2 Å². The third kappa shape index (κ3) is 15.0. The molecule has 10 rings (SSSR count). The minimum Gasteiger partial charge on any atom is -0.361 e. The van der Waals surface area contributed by atoms with Gasteiger partial charge in [-0.25, -0.2) is 33.4 Å². The molecule has 0 spiro atoms. The molecule has 410 valence electrons. The Hall–Kier alpha value is -5.97. The molecule has 2 fully saturated rings. The number of piperidine rings is 2. The first kappa shape index (κ1) is 58.7. The second kappa shape index (κ2) is 26.1. The Morgan fingerprint density at radius 3 is 2.27 bits per heavy atom. The summed E-state index contributed by atoms with van der Waals surface area (Å²) in [6.07, 6.45) is 19.5. The van der Waals surface area contributed by atoms with E-state index in [-0.39, 0.29) is 37.0 Å². The van der Waals surface area contributed by atoms with Gasteiger partial charge in [0.05, 0.1) is 52.7 Å². The molecule has 9 heterocycles. The van der Waals surface area contributed by atoms with E-state index in [4.69, 9.17) is 20.5 Å². The second-order valence-electron chi connectivity index (χ2n) is 20.9. The number of ether oxygens (including phenoxy) is 1. The summed E-state index contributed by atoms with van der Waals surface area (Å²) in [6.45, 7) is 22.7. The maximum absolute atomic E-state index is 13.9. The van der Waals surface area contributed by atoms with Crippen LogP contribution >= 0.6 is 47.9 Å².